The fraction of sp³-hybridized carbons (Fsp3) is 0.250. The Bertz CT molecular complexity index is 708. The van der Waals surface area contributed by atoms with Crippen molar-refractivity contribution in [2.75, 3.05) is 6.54 Å². The van der Waals surface area contributed by atoms with Crippen molar-refractivity contribution in [1.82, 2.24) is 10.6 Å². The van der Waals surface area contributed by atoms with Crippen LogP contribution in [-0.2, 0) is 10.3 Å². The molecule has 1 atom stereocenters. The van der Waals surface area contributed by atoms with Crippen molar-refractivity contribution < 1.29 is 4.79 Å². The van der Waals surface area contributed by atoms with Gasteiger partial charge in [0, 0.05) is 6.54 Å². The quantitative estimate of drug-likeness (QED) is 0.876. The van der Waals surface area contributed by atoms with Crippen LogP contribution in [0.15, 0.2) is 47.5 Å². The van der Waals surface area contributed by atoms with Gasteiger partial charge in [0.05, 0.1) is 0 Å². The number of hydrogen-bond donors (Lipinski definition) is 2. The smallest absolute Gasteiger partial charge is 0.256 e. The van der Waals surface area contributed by atoms with Gasteiger partial charge in [-0.05, 0) is 36.2 Å². The Morgan fingerprint density at radius 2 is 1.90 bits per heavy atom. The first-order valence-corrected chi connectivity index (χ1v) is 6.77. The summed E-state index contributed by atoms with van der Waals surface area (Å²) in [6.07, 6.45) is 0. The van der Waals surface area contributed by atoms with Gasteiger partial charge < -0.3 is 5.32 Å². The number of benzene rings is 2. The van der Waals surface area contributed by atoms with Crippen molar-refractivity contribution in [1.29, 1.82) is 0 Å². The molecule has 4 nitrogen and oxygen atoms in total. The van der Waals surface area contributed by atoms with Crippen LogP contribution in [0.5, 0.6) is 0 Å². The molecular weight excluding hydrogens is 250 g/mol. The number of amides is 1. The Labute approximate surface area is 117 Å². The molecule has 1 aliphatic heterocycles. The van der Waals surface area contributed by atoms with Gasteiger partial charge in [-0.2, -0.15) is 0 Å². The first kappa shape index (κ1) is 12.7. The van der Waals surface area contributed by atoms with Gasteiger partial charge in [-0.1, -0.05) is 36.4 Å². The highest BCUT2D eigenvalue weighted by Crippen LogP contribution is 2.27. The molecule has 0 aliphatic carbocycles. The second kappa shape index (κ2) is 4.63. The highest BCUT2D eigenvalue weighted by atomic mass is 16.2. The predicted octanol–water partition coefficient (Wildman–Crippen LogP) is 2.15. The van der Waals surface area contributed by atoms with E-state index in [9.17, 15) is 4.79 Å². The number of nitrogens with zero attached hydrogens (tertiary/aromatic N) is 1. The summed E-state index contributed by atoms with van der Waals surface area (Å²) in [5, 5.41) is 8.27. The first-order valence-electron chi connectivity index (χ1n) is 6.77. The van der Waals surface area contributed by atoms with Gasteiger partial charge in [0.2, 0.25) is 0 Å². The fourth-order valence-corrected chi connectivity index (χ4v) is 2.50. The predicted molar refractivity (Wildman–Crippen MR) is 80.6 cm³/mol. The zero-order chi connectivity index (χ0) is 14.2. The lowest BCUT2D eigenvalue weighted by Crippen LogP contribution is -2.40. The van der Waals surface area contributed by atoms with Crippen LogP contribution >= 0.6 is 0 Å². The van der Waals surface area contributed by atoms with Crippen LogP contribution in [0.4, 0.5) is 0 Å². The number of aliphatic imine (C=N–C) groups is 1. The van der Waals surface area contributed by atoms with Crippen molar-refractivity contribution in [2.24, 2.45) is 4.99 Å². The normalized spacial score (nSPS) is 23.9. The summed E-state index contributed by atoms with van der Waals surface area (Å²) >= 11 is 0. The Kier molecular flexibility index (Phi) is 2.93. The third kappa shape index (κ3) is 1.93. The average molecular weight is 267 g/mol. The summed E-state index contributed by atoms with van der Waals surface area (Å²) in [5.74, 6) is 0.480. The third-order valence-corrected chi connectivity index (χ3v) is 3.70. The molecule has 1 unspecified atom stereocenters. The maximum absolute atomic E-state index is 12.3. The van der Waals surface area contributed by atoms with E-state index in [0.29, 0.717) is 12.5 Å². The minimum atomic E-state index is -0.766. The summed E-state index contributed by atoms with van der Waals surface area (Å²) < 4.78 is 0. The van der Waals surface area contributed by atoms with Gasteiger partial charge in [-0.15, -0.1) is 0 Å². The van der Waals surface area contributed by atoms with E-state index < -0.39 is 5.54 Å². The molecule has 1 fully saturated rings. The number of guanidine groups is 1. The molecule has 0 spiro atoms. The van der Waals surface area contributed by atoms with Crippen LogP contribution in [0.3, 0.4) is 0 Å². The maximum Gasteiger partial charge on any atom is 0.256 e. The SMILES string of the molecule is CCN=C1NC(=O)C(C)(c2ccc3ccccc3c2)N1. The number of fused-ring (bicyclic) bond motifs is 1. The van der Waals surface area contributed by atoms with Crippen LogP contribution in [0, 0.1) is 0 Å². The topological polar surface area (TPSA) is 53.5 Å². The summed E-state index contributed by atoms with van der Waals surface area (Å²) in [6, 6.07) is 14.2. The van der Waals surface area contributed by atoms with E-state index in [1.165, 1.54) is 5.39 Å². The molecule has 1 amide bonds. The molecule has 20 heavy (non-hydrogen) atoms. The standard InChI is InChI=1S/C16H17N3O/c1-3-17-15-18-14(20)16(2,19-15)13-9-8-11-6-4-5-7-12(11)10-13/h4-10H,3H2,1-2H3,(H2,17,18,19,20). The molecule has 102 valence electrons. The summed E-state index contributed by atoms with van der Waals surface area (Å²) in [4.78, 5) is 16.5. The molecule has 0 saturated carbocycles. The fourth-order valence-electron chi connectivity index (χ4n) is 2.50. The lowest BCUT2D eigenvalue weighted by molar-refractivity contribution is -0.123. The van der Waals surface area contributed by atoms with Crippen molar-refractivity contribution in [3.8, 4) is 0 Å². The second-order valence-electron chi connectivity index (χ2n) is 5.09. The summed E-state index contributed by atoms with van der Waals surface area (Å²) in [6.45, 7) is 4.45. The Balaban J connectivity index is 2.05. The minimum absolute atomic E-state index is 0.0695. The number of carbonyl (C=O) groups excluding carboxylic acids is 1. The van der Waals surface area contributed by atoms with E-state index in [2.05, 4.69) is 33.8 Å². The average Bonchev–Trinajstić information content (AvgIpc) is 2.75. The summed E-state index contributed by atoms with van der Waals surface area (Å²) in [5.41, 5.74) is 0.174. The number of carbonyl (C=O) groups is 1. The number of hydrogen-bond acceptors (Lipinski definition) is 2. The van der Waals surface area contributed by atoms with E-state index in [4.69, 9.17) is 0 Å². The van der Waals surface area contributed by atoms with Crippen molar-refractivity contribution >= 4 is 22.6 Å². The molecule has 2 N–H and O–H groups in total. The molecule has 3 rings (SSSR count). The highest BCUT2D eigenvalue weighted by Gasteiger charge is 2.42. The second-order valence-corrected chi connectivity index (χ2v) is 5.09. The molecule has 1 saturated heterocycles. The summed E-state index contributed by atoms with van der Waals surface area (Å²) in [7, 11) is 0. The van der Waals surface area contributed by atoms with E-state index in [1.54, 1.807) is 0 Å². The Morgan fingerprint density at radius 3 is 2.65 bits per heavy atom. The van der Waals surface area contributed by atoms with Gasteiger partial charge in [0.25, 0.3) is 5.91 Å². The molecule has 1 aliphatic rings. The van der Waals surface area contributed by atoms with E-state index in [1.807, 2.05) is 38.1 Å². The first-order chi connectivity index (χ1) is 9.63. The largest absolute Gasteiger partial charge is 0.338 e. The zero-order valence-electron chi connectivity index (χ0n) is 11.6. The molecular formula is C16H17N3O. The number of rotatable bonds is 2. The van der Waals surface area contributed by atoms with E-state index in [0.717, 1.165) is 10.9 Å². The van der Waals surface area contributed by atoms with Gasteiger partial charge >= 0.3 is 0 Å². The number of nitrogens with one attached hydrogen (secondary N) is 2. The maximum atomic E-state index is 12.3. The van der Waals surface area contributed by atoms with Crippen LogP contribution in [0.2, 0.25) is 0 Å². The molecule has 0 bridgehead atoms. The Hall–Kier alpha value is -2.36. The molecule has 2 aromatic rings. The van der Waals surface area contributed by atoms with E-state index >= 15 is 0 Å². The van der Waals surface area contributed by atoms with Gasteiger partial charge in [0.1, 0.15) is 5.54 Å². The van der Waals surface area contributed by atoms with Gasteiger partial charge in [-0.25, -0.2) is 0 Å². The monoisotopic (exact) mass is 267 g/mol. The molecule has 0 aromatic heterocycles. The zero-order valence-corrected chi connectivity index (χ0v) is 11.6. The third-order valence-electron chi connectivity index (χ3n) is 3.70. The van der Waals surface area contributed by atoms with Crippen molar-refractivity contribution in [3.63, 3.8) is 0 Å². The van der Waals surface area contributed by atoms with Gasteiger partial charge in [0.15, 0.2) is 5.96 Å². The molecule has 2 aromatic carbocycles. The van der Waals surface area contributed by atoms with Crippen LogP contribution in [0.25, 0.3) is 10.8 Å². The lowest BCUT2D eigenvalue weighted by atomic mass is 9.90. The van der Waals surface area contributed by atoms with Crippen LogP contribution in [0.1, 0.15) is 19.4 Å². The lowest BCUT2D eigenvalue weighted by Gasteiger charge is -2.22. The Morgan fingerprint density at radius 1 is 1.15 bits per heavy atom. The van der Waals surface area contributed by atoms with Crippen molar-refractivity contribution in [2.45, 2.75) is 19.4 Å². The van der Waals surface area contributed by atoms with Gasteiger partial charge in [-0.3, -0.25) is 15.1 Å². The minimum Gasteiger partial charge on any atom is -0.338 e. The van der Waals surface area contributed by atoms with Crippen LogP contribution < -0.4 is 10.6 Å². The molecule has 0 radical (unpaired) electrons. The van der Waals surface area contributed by atoms with Crippen LogP contribution in [-0.4, -0.2) is 18.4 Å². The van der Waals surface area contributed by atoms with Crippen molar-refractivity contribution in [3.05, 3.63) is 48.0 Å². The van der Waals surface area contributed by atoms with E-state index in [-0.39, 0.29) is 5.91 Å². The molecule has 4 heteroatoms. The molecule has 1 heterocycles. The highest BCUT2D eigenvalue weighted by molar-refractivity contribution is 6.09.